The molecule has 1 amide bonds. The summed E-state index contributed by atoms with van der Waals surface area (Å²) in [5.74, 6) is -1.13. The minimum atomic E-state index is -4.67. The van der Waals surface area contributed by atoms with E-state index in [0.29, 0.717) is 17.9 Å². The topological polar surface area (TPSA) is 57.7 Å². The summed E-state index contributed by atoms with van der Waals surface area (Å²) in [6, 6.07) is 5.65. The minimum Gasteiger partial charge on any atom is -0.340 e. The molecule has 1 aliphatic rings. The Morgan fingerprint density at radius 1 is 0.886 bits per heavy atom. The van der Waals surface area contributed by atoms with Crippen LogP contribution in [0.4, 0.5) is 26.3 Å². The van der Waals surface area contributed by atoms with Gasteiger partial charge in [0.2, 0.25) is 5.91 Å². The van der Waals surface area contributed by atoms with Crippen LogP contribution in [0, 0.1) is 0 Å². The predicted molar refractivity (Wildman–Crippen MR) is 117 cm³/mol. The number of aldehydes is 1. The maximum Gasteiger partial charge on any atom is 0.416 e. The summed E-state index contributed by atoms with van der Waals surface area (Å²) in [6.07, 6.45) is -8.91. The van der Waals surface area contributed by atoms with E-state index in [1.54, 1.807) is 0 Å². The fraction of sp³-hybridized carbons (Fsp3) is 0.348. The van der Waals surface area contributed by atoms with Crippen LogP contribution in [0.3, 0.4) is 0 Å². The first-order valence-corrected chi connectivity index (χ1v) is 11.1. The van der Waals surface area contributed by atoms with Gasteiger partial charge in [0, 0.05) is 36.2 Å². The number of Topliss-reactive ketones (excluding diaryl/α,β-unsaturated/α-hetero) is 1. The summed E-state index contributed by atoms with van der Waals surface area (Å²) >= 11 is 2.95. The largest absolute Gasteiger partial charge is 0.416 e. The number of carbonyl (C=O) groups excluding carboxylic acids is 3. The predicted octanol–water partition coefficient (Wildman–Crippen LogP) is 4.62. The van der Waals surface area contributed by atoms with Crippen molar-refractivity contribution < 1.29 is 40.7 Å². The van der Waals surface area contributed by atoms with Crippen LogP contribution in [-0.2, 0) is 28.4 Å². The molecule has 2 aromatic carbocycles. The highest BCUT2D eigenvalue weighted by Crippen LogP contribution is 2.32. The third-order valence-corrected chi connectivity index (χ3v) is 6.06. The van der Waals surface area contributed by atoms with Crippen LogP contribution in [-0.4, -0.2) is 60.0 Å². The van der Waals surface area contributed by atoms with E-state index < -0.39 is 35.3 Å². The monoisotopic (exact) mass is 564 g/mol. The molecule has 1 atom stereocenters. The molecule has 1 heterocycles. The van der Waals surface area contributed by atoms with Gasteiger partial charge in [0.05, 0.1) is 17.5 Å². The Labute approximate surface area is 204 Å². The number of nitrogens with zero attached hydrogens (tertiary/aromatic N) is 2. The van der Waals surface area contributed by atoms with Crippen molar-refractivity contribution in [3.8, 4) is 0 Å². The second kappa shape index (κ2) is 10.5. The molecule has 0 spiro atoms. The first-order chi connectivity index (χ1) is 16.3. The molecule has 188 valence electrons. The van der Waals surface area contributed by atoms with E-state index in [-0.39, 0.29) is 48.5 Å². The number of benzene rings is 2. The van der Waals surface area contributed by atoms with Gasteiger partial charge in [-0.05, 0) is 35.9 Å². The molecule has 1 saturated heterocycles. The molecule has 5 nitrogen and oxygen atoms in total. The van der Waals surface area contributed by atoms with Crippen molar-refractivity contribution in [3.05, 3.63) is 69.2 Å². The molecule has 12 heteroatoms. The smallest absolute Gasteiger partial charge is 0.340 e. The molecule has 0 aliphatic carbocycles. The lowest BCUT2D eigenvalue weighted by atomic mass is 10.0. The lowest BCUT2D eigenvalue weighted by molar-refractivity contribution is -0.138. The van der Waals surface area contributed by atoms with Gasteiger partial charge in [0.1, 0.15) is 12.3 Å². The van der Waals surface area contributed by atoms with E-state index in [2.05, 4.69) is 15.9 Å². The molecule has 3 rings (SSSR count). The Morgan fingerprint density at radius 2 is 1.46 bits per heavy atom. The highest BCUT2D eigenvalue weighted by atomic mass is 79.9. The van der Waals surface area contributed by atoms with Crippen molar-refractivity contribution in [1.82, 2.24) is 9.80 Å². The van der Waals surface area contributed by atoms with Crippen molar-refractivity contribution in [2.75, 3.05) is 26.2 Å². The molecular formula is C23H19BrF6N2O3. The van der Waals surface area contributed by atoms with Gasteiger partial charge in [0.15, 0.2) is 5.78 Å². The highest BCUT2D eigenvalue weighted by molar-refractivity contribution is 9.10. The summed E-state index contributed by atoms with van der Waals surface area (Å²) in [6.45, 7) is 0.523. The number of ketones is 1. The second-order valence-electron chi connectivity index (χ2n) is 7.96. The molecule has 0 saturated carbocycles. The first kappa shape index (κ1) is 26.9. The van der Waals surface area contributed by atoms with Crippen LogP contribution in [0.5, 0.6) is 0 Å². The Bertz CT molecular complexity index is 1090. The van der Waals surface area contributed by atoms with Crippen molar-refractivity contribution in [2.24, 2.45) is 0 Å². The summed E-state index contributed by atoms with van der Waals surface area (Å²) in [5.41, 5.74) is -1.72. The SMILES string of the molecule is O=C[C@@H](C(=O)c1cc(Br)cc(C(F)(F)F)c1)N1CCN(C(=O)Cc2ccc(C(F)(F)F)cc2)CC1. The van der Waals surface area contributed by atoms with E-state index in [0.717, 1.165) is 18.2 Å². The van der Waals surface area contributed by atoms with E-state index >= 15 is 0 Å². The first-order valence-electron chi connectivity index (χ1n) is 10.3. The van der Waals surface area contributed by atoms with Crippen LogP contribution in [0.2, 0.25) is 0 Å². The molecule has 0 unspecified atom stereocenters. The summed E-state index contributed by atoms with van der Waals surface area (Å²) < 4.78 is 77.4. The summed E-state index contributed by atoms with van der Waals surface area (Å²) in [5, 5.41) is 0. The molecule has 1 fully saturated rings. The molecule has 0 bridgehead atoms. The highest BCUT2D eigenvalue weighted by Gasteiger charge is 2.35. The normalized spacial score (nSPS) is 16.1. The molecule has 0 radical (unpaired) electrons. The Kier molecular flexibility index (Phi) is 8.05. The number of piperazine rings is 1. The van der Waals surface area contributed by atoms with Gasteiger partial charge in [0.25, 0.3) is 0 Å². The Morgan fingerprint density at radius 3 is 1.97 bits per heavy atom. The van der Waals surface area contributed by atoms with E-state index in [4.69, 9.17) is 0 Å². The zero-order valence-electron chi connectivity index (χ0n) is 18.0. The molecule has 1 aliphatic heterocycles. The van der Waals surface area contributed by atoms with Crippen molar-refractivity contribution in [3.63, 3.8) is 0 Å². The average molecular weight is 565 g/mol. The van der Waals surface area contributed by atoms with Crippen LogP contribution >= 0.6 is 15.9 Å². The minimum absolute atomic E-state index is 0.0407. The maximum absolute atomic E-state index is 13.1. The number of halogens is 7. The quantitative estimate of drug-likeness (QED) is 0.222. The Balaban J connectivity index is 1.63. The van der Waals surface area contributed by atoms with Gasteiger partial charge in [-0.15, -0.1) is 0 Å². The van der Waals surface area contributed by atoms with Crippen LogP contribution in [0.25, 0.3) is 0 Å². The van der Waals surface area contributed by atoms with Gasteiger partial charge in [-0.2, -0.15) is 26.3 Å². The number of hydrogen-bond acceptors (Lipinski definition) is 4. The number of rotatable bonds is 6. The van der Waals surface area contributed by atoms with E-state index in [1.807, 2.05) is 0 Å². The van der Waals surface area contributed by atoms with Gasteiger partial charge in [-0.1, -0.05) is 28.1 Å². The standard InChI is InChI=1S/C23H19BrF6N2O3/c24-18-11-15(10-17(12-18)23(28,29)30)21(35)19(13-33)31-5-7-32(8-6-31)20(34)9-14-1-3-16(4-2-14)22(25,26)27/h1-4,10-13,19H,5-9H2/t19-/m0/s1. The summed E-state index contributed by atoms with van der Waals surface area (Å²) in [4.78, 5) is 40.0. The molecule has 0 N–H and O–H groups in total. The number of carbonyl (C=O) groups is 3. The lowest BCUT2D eigenvalue weighted by Gasteiger charge is -2.37. The van der Waals surface area contributed by atoms with E-state index in [9.17, 15) is 40.7 Å². The van der Waals surface area contributed by atoms with Gasteiger partial charge in [-0.25, -0.2) is 0 Å². The van der Waals surface area contributed by atoms with Gasteiger partial charge < -0.3 is 9.69 Å². The molecular weight excluding hydrogens is 546 g/mol. The zero-order valence-corrected chi connectivity index (χ0v) is 19.6. The molecule has 2 aromatic rings. The maximum atomic E-state index is 13.1. The van der Waals surface area contributed by atoms with Crippen LogP contribution < -0.4 is 0 Å². The van der Waals surface area contributed by atoms with Crippen molar-refractivity contribution in [1.29, 1.82) is 0 Å². The van der Waals surface area contributed by atoms with Crippen molar-refractivity contribution >= 4 is 33.9 Å². The third-order valence-electron chi connectivity index (χ3n) is 5.60. The van der Waals surface area contributed by atoms with Gasteiger partial charge >= 0.3 is 12.4 Å². The van der Waals surface area contributed by atoms with Gasteiger partial charge in [-0.3, -0.25) is 14.5 Å². The van der Waals surface area contributed by atoms with E-state index in [1.165, 1.54) is 28.0 Å². The average Bonchev–Trinajstić information content (AvgIpc) is 2.78. The third kappa shape index (κ3) is 6.69. The number of alkyl halides is 6. The fourth-order valence-corrected chi connectivity index (χ4v) is 4.22. The van der Waals surface area contributed by atoms with Crippen LogP contribution in [0.1, 0.15) is 27.0 Å². The summed E-state index contributed by atoms with van der Waals surface area (Å²) in [7, 11) is 0. The second-order valence-corrected chi connectivity index (χ2v) is 8.88. The zero-order chi connectivity index (χ0) is 26.0. The lowest BCUT2D eigenvalue weighted by Crippen LogP contribution is -2.54. The van der Waals surface area contributed by atoms with Crippen molar-refractivity contribution in [2.45, 2.75) is 24.8 Å². The van der Waals surface area contributed by atoms with Crippen LogP contribution in [0.15, 0.2) is 46.9 Å². The Hall–Kier alpha value is -2.73. The molecule has 35 heavy (non-hydrogen) atoms. The number of amides is 1. The molecule has 0 aromatic heterocycles. The fourth-order valence-electron chi connectivity index (χ4n) is 3.73. The number of hydrogen-bond donors (Lipinski definition) is 0.